The van der Waals surface area contributed by atoms with E-state index in [4.69, 9.17) is 18.9 Å². The maximum absolute atomic E-state index is 12.8. The van der Waals surface area contributed by atoms with Crippen LogP contribution in [-0.4, -0.2) is 37.2 Å². The van der Waals surface area contributed by atoms with Gasteiger partial charge in [0.1, 0.15) is 17.2 Å². The summed E-state index contributed by atoms with van der Waals surface area (Å²) in [6.07, 6.45) is 1.68. The van der Waals surface area contributed by atoms with E-state index in [1.165, 1.54) is 18.4 Å². The van der Waals surface area contributed by atoms with Crippen molar-refractivity contribution in [1.82, 2.24) is 9.97 Å². The third-order valence-electron chi connectivity index (χ3n) is 5.43. The lowest BCUT2D eigenvalue weighted by Crippen LogP contribution is -2.12. The van der Waals surface area contributed by atoms with Crippen LogP contribution >= 0.6 is 27.3 Å². The molecule has 2 heterocycles. The van der Waals surface area contributed by atoms with Crippen LogP contribution in [0.25, 0.3) is 21.1 Å². The Bertz CT molecular complexity index is 1600. The topological polar surface area (TPSA) is 91.8 Å². The number of carbonyl (C=O) groups is 1. The number of benzene rings is 3. The highest BCUT2D eigenvalue weighted by Crippen LogP contribution is 2.40. The highest BCUT2D eigenvalue weighted by Gasteiger charge is 2.17. The van der Waals surface area contributed by atoms with Crippen LogP contribution < -0.4 is 24.3 Å². The number of fused-ring (bicyclic) bond motifs is 2. The molecule has 0 radical (unpaired) electrons. The Kier molecular flexibility index (Phi) is 6.62. The second-order valence-corrected chi connectivity index (χ2v) is 9.45. The fourth-order valence-corrected chi connectivity index (χ4v) is 5.31. The molecule has 0 unspecified atom stereocenters. The van der Waals surface area contributed by atoms with E-state index in [1.54, 1.807) is 50.7 Å². The third kappa shape index (κ3) is 4.52. The molecule has 8 nitrogen and oxygen atoms in total. The summed E-state index contributed by atoms with van der Waals surface area (Å²) in [5.74, 6) is 2.58. The molecule has 5 rings (SSSR count). The van der Waals surface area contributed by atoms with Crippen molar-refractivity contribution in [2.75, 3.05) is 26.6 Å². The number of pyridine rings is 1. The summed E-state index contributed by atoms with van der Waals surface area (Å²) in [5.41, 5.74) is 1.86. The summed E-state index contributed by atoms with van der Waals surface area (Å²) >= 11 is 4.93. The Labute approximate surface area is 218 Å². The molecular formula is C26H20BrN3O5S. The van der Waals surface area contributed by atoms with Crippen molar-refractivity contribution in [3.63, 3.8) is 0 Å². The molecule has 0 spiro atoms. The van der Waals surface area contributed by atoms with Gasteiger partial charge in [-0.3, -0.25) is 15.1 Å². The zero-order chi connectivity index (χ0) is 25.2. The maximum atomic E-state index is 12.8. The number of halogens is 1. The minimum Gasteiger partial charge on any atom is -0.496 e. The van der Waals surface area contributed by atoms with Crippen molar-refractivity contribution in [2.24, 2.45) is 0 Å². The quantitative estimate of drug-likeness (QED) is 0.235. The van der Waals surface area contributed by atoms with Crippen LogP contribution in [0.3, 0.4) is 0 Å². The number of ether oxygens (including phenoxy) is 4. The number of amides is 1. The van der Waals surface area contributed by atoms with Gasteiger partial charge >= 0.3 is 0 Å². The van der Waals surface area contributed by atoms with E-state index in [0.29, 0.717) is 50.5 Å². The summed E-state index contributed by atoms with van der Waals surface area (Å²) in [6.45, 7) is 0. The number of rotatable bonds is 7. The van der Waals surface area contributed by atoms with E-state index in [2.05, 4.69) is 31.2 Å². The van der Waals surface area contributed by atoms with Gasteiger partial charge in [-0.15, -0.1) is 0 Å². The monoisotopic (exact) mass is 565 g/mol. The number of thiazole rings is 1. The standard InChI is InChI=1S/C26H20BrN3O5S/c1-32-19-7-5-4-6-15(19)25(31)30-26-29-24-17(27)10-14(11-23(24)36-26)35-20-8-9-28-18-13-22(34-3)21(33-2)12-16(18)20/h4-13H,1-3H3,(H,29,30,31). The van der Waals surface area contributed by atoms with Crippen molar-refractivity contribution in [3.05, 3.63) is 70.8 Å². The summed E-state index contributed by atoms with van der Waals surface area (Å²) in [4.78, 5) is 21.8. The third-order valence-corrected chi connectivity index (χ3v) is 6.95. The van der Waals surface area contributed by atoms with Crippen LogP contribution in [0.15, 0.2) is 65.3 Å². The van der Waals surface area contributed by atoms with Crippen molar-refractivity contribution in [2.45, 2.75) is 0 Å². The molecule has 0 aliphatic carbocycles. The molecule has 36 heavy (non-hydrogen) atoms. The Balaban J connectivity index is 1.46. The smallest absolute Gasteiger partial charge is 0.261 e. The SMILES string of the molecule is COc1cc2nccc(Oc3cc(Br)c4nc(NC(=O)c5ccccc5OC)sc4c3)c2cc1OC. The van der Waals surface area contributed by atoms with Crippen LogP contribution in [0.1, 0.15) is 10.4 Å². The number of hydrogen-bond donors (Lipinski definition) is 1. The predicted octanol–water partition coefficient (Wildman–Crippen LogP) is 6.68. The fourth-order valence-electron chi connectivity index (χ4n) is 3.74. The number of aromatic nitrogens is 2. The molecular weight excluding hydrogens is 546 g/mol. The van der Waals surface area contributed by atoms with E-state index < -0.39 is 0 Å². The minimum atomic E-state index is -0.299. The second kappa shape index (κ2) is 10.00. The van der Waals surface area contributed by atoms with Gasteiger partial charge in [-0.25, -0.2) is 4.98 Å². The predicted molar refractivity (Wildman–Crippen MR) is 143 cm³/mol. The van der Waals surface area contributed by atoms with Gasteiger partial charge in [0, 0.05) is 28.2 Å². The lowest BCUT2D eigenvalue weighted by Gasteiger charge is -2.12. The largest absolute Gasteiger partial charge is 0.496 e. The van der Waals surface area contributed by atoms with Crippen molar-refractivity contribution in [1.29, 1.82) is 0 Å². The van der Waals surface area contributed by atoms with Gasteiger partial charge in [-0.2, -0.15) is 0 Å². The van der Waals surface area contributed by atoms with Crippen LogP contribution in [0.2, 0.25) is 0 Å². The van der Waals surface area contributed by atoms with Crippen molar-refractivity contribution >= 4 is 59.4 Å². The van der Waals surface area contributed by atoms with Gasteiger partial charge in [-0.05, 0) is 46.3 Å². The highest BCUT2D eigenvalue weighted by molar-refractivity contribution is 9.10. The first-order valence-electron chi connectivity index (χ1n) is 10.7. The lowest BCUT2D eigenvalue weighted by molar-refractivity contribution is 0.102. The molecule has 0 fully saturated rings. The first kappa shape index (κ1) is 23.8. The van der Waals surface area contributed by atoms with E-state index in [9.17, 15) is 4.79 Å². The van der Waals surface area contributed by atoms with Gasteiger partial charge < -0.3 is 18.9 Å². The van der Waals surface area contributed by atoms with E-state index in [0.717, 1.165) is 14.6 Å². The first-order valence-corrected chi connectivity index (χ1v) is 12.3. The molecule has 10 heteroatoms. The van der Waals surface area contributed by atoms with E-state index >= 15 is 0 Å². The number of nitrogens with one attached hydrogen (secondary N) is 1. The molecule has 1 amide bonds. The number of nitrogens with zero attached hydrogens (tertiary/aromatic N) is 2. The summed E-state index contributed by atoms with van der Waals surface area (Å²) in [6, 6.07) is 16.2. The van der Waals surface area contributed by atoms with Gasteiger partial charge in [0.25, 0.3) is 5.91 Å². The van der Waals surface area contributed by atoms with Crippen LogP contribution in [0, 0.1) is 0 Å². The molecule has 0 saturated carbocycles. The molecule has 1 N–H and O–H groups in total. The molecule has 2 aromatic heterocycles. The van der Waals surface area contributed by atoms with Gasteiger partial charge in [-0.1, -0.05) is 23.5 Å². The van der Waals surface area contributed by atoms with Gasteiger partial charge in [0.2, 0.25) is 0 Å². The Morgan fingerprint density at radius 3 is 2.44 bits per heavy atom. The number of hydrogen-bond acceptors (Lipinski definition) is 8. The van der Waals surface area contributed by atoms with Crippen LogP contribution in [-0.2, 0) is 0 Å². The zero-order valence-electron chi connectivity index (χ0n) is 19.5. The molecule has 0 aliphatic rings. The van der Waals surface area contributed by atoms with Crippen molar-refractivity contribution in [3.8, 4) is 28.7 Å². The number of para-hydroxylation sites is 1. The number of methoxy groups -OCH3 is 3. The zero-order valence-corrected chi connectivity index (χ0v) is 21.9. The molecule has 182 valence electrons. The lowest BCUT2D eigenvalue weighted by atomic mass is 10.2. The molecule has 0 atom stereocenters. The highest BCUT2D eigenvalue weighted by atomic mass is 79.9. The van der Waals surface area contributed by atoms with Crippen LogP contribution in [0.5, 0.6) is 28.7 Å². The minimum absolute atomic E-state index is 0.299. The van der Waals surface area contributed by atoms with E-state index in [-0.39, 0.29) is 5.91 Å². The van der Waals surface area contributed by atoms with Crippen LogP contribution in [0.4, 0.5) is 5.13 Å². The average molecular weight is 566 g/mol. The normalized spacial score (nSPS) is 10.9. The Hall–Kier alpha value is -3.89. The Morgan fingerprint density at radius 2 is 1.67 bits per heavy atom. The maximum Gasteiger partial charge on any atom is 0.261 e. The number of anilines is 1. The molecule has 0 saturated heterocycles. The fraction of sp³-hybridized carbons (Fsp3) is 0.115. The average Bonchev–Trinajstić information content (AvgIpc) is 3.30. The molecule has 0 bridgehead atoms. The Morgan fingerprint density at radius 1 is 0.917 bits per heavy atom. The summed E-state index contributed by atoms with van der Waals surface area (Å²) < 4.78 is 23.9. The molecule has 5 aromatic rings. The molecule has 0 aliphatic heterocycles. The van der Waals surface area contributed by atoms with E-state index in [1.807, 2.05) is 24.3 Å². The number of carbonyl (C=O) groups excluding carboxylic acids is 1. The second-order valence-electron chi connectivity index (χ2n) is 7.56. The van der Waals surface area contributed by atoms with Crippen molar-refractivity contribution < 1.29 is 23.7 Å². The van der Waals surface area contributed by atoms with Gasteiger partial charge in [0.15, 0.2) is 16.6 Å². The van der Waals surface area contributed by atoms with Gasteiger partial charge in [0.05, 0.1) is 42.6 Å². The first-order chi connectivity index (χ1) is 17.5. The summed E-state index contributed by atoms with van der Waals surface area (Å²) in [7, 11) is 4.69. The summed E-state index contributed by atoms with van der Waals surface area (Å²) in [5, 5.41) is 4.10. The molecule has 3 aromatic carbocycles.